The molecular formula is C86H134N32O27S4. The van der Waals surface area contributed by atoms with E-state index < -0.39 is 308 Å². The van der Waals surface area contributed by atoms with Gasteiger partial charge >= 0.3 is 11.9 Å². The Bertz CT molecular complexity index is 5180. The van der Waals surface area contributed by atoms with Crippen molar-refractivity contribution in [1.29, 1.82) is 10.8 Å². The number of nitrogens with one attached hydrogen (secondary N) is 25. The first-order valence-electron chi connectivity index (χ1n) is 47.3. The second-order valence-electron chi connectivity index (χ2n) is 34.3. The summed E-state index contributed by atoms with van der Waals surface area (Å²) in [5, 5.41) is 106. The molecule has 0 aliphatic carbocycles. The van der Waals surface area contributed by atoms with Crippen LogP contribution in [-0.4, -0.2) is 379 Å². The molecule has 2 saturated heterocycles. The molecule has 0 saturated carbocycles. The lowest BCUT2D eigenvalue weighted by atomic mass is 10.0. The number of H-pyrrole nitrogens is 2. The van der Waals surface area contributed by atoms with Gasteiger partial charge in [0.15, 0.2) is 11.9 Å². The molecule has 2 aromatic heterocycles. The molecule has 4 heterocycles. The number of carbonyl (C=O) groups is 23. The lowest BCUT2D eigenvalue weighted by Crippen LogP contribution is -2.62. The van der Waals surface area contributed by atoms with Gasteiger partial charge in [0.2, 0.25) is 124 Å². The molecule has 2 aliphatic rings. The molecule has 0 spiro atoms. The molecule has 5 rings (SSSR count). The van der Waals surface area contributed by atoms with E-state index in [1.54, 1.807) is 24.3 Å². The first-order chi connectivity index (χ1) is 70.8. The van der Waals surface area contributed by atoms with E-state index in [1.165, 1.54) is 25.6 Å². The molecule has 0 radical (unpaired) electrons. The summed E-state index contributed by atoms with van der Waals surface area (Å²) in [5.74, 6) is -27.1. The number of carboxylic acids is 2. The Labute approximate surface area is 874 Å². The minimum Gasteiger partial charge on any atom is -0.481 e. The maximum atomic E-state index is 14.9. The number of nitrogens with zero attached hydrogens (tertiary/aromatic N) is 2. The number of hydrogen-bond acceptors (Lipinski definition) is 34. The number of aromatic nitrogens is 3. The number of imidazole rings is 1. The highest BCUT2D eigenvalue weighted by Crippen LogP contribution is 2.22. The Morgan fingerprint density at radius 2 is 0.866 bits per heavy atom. The number of nitrogens with two attached hydrogens (primary N) is 5. The number of thiol groups is 4. The largest absolute Gasteiger partial charge is 0.481 e. The van der Waals surface area contributed by atoms with E-state index in [1.807, 2.05) is 0 Å². The third kappa shape index (κ3) is 43.5. The molecule has 21 amide bonds. The number of primary amides is 1. The van der Waals surface area contributed by atoms with Gasteiger partial charge in [-0.3, -0.25) is 116 Å². The maximum Gasteiger partial charge on any atom is 0.326 e. The molecule has 1 aromatic carbocycles. The highest BCUT2D eigenvalue weighted by Gasteiger charge is 2.42. The van der Waals surface area contributed by atoms with Crippen molar-refractivity contribution < 1.29 is 131 Å². The Morgan fingerprint density at radius 3 is 1.34 bits per heavy atom. The number of carbonyl (C=O) groups excluding carboxylic acids is 21. The van der Waals surface area contributed by atoms with Gasteiger partial charge < -0.3 is 176 Å². The molecule has 2 fully saturated rings. The zero-order chi connectivity index (χ0) is 111. The van der Waals surface area contributed by atoms with Crippen LogP contribution in [0.5, 0.6) is 0 Å². The number of guanidine groups is 2. The van der Waals surface area contributed by atoms with Gasteiger partial charge in [0.05, 0.1) is 57.7 Å². The average molecular weight is 2180 g/mol. The van der Waals surface area contributed by atoms with Crippen molar-refractivity contribution in [3.05, 3.63) is 54.2 Å². The lowest BCUT2D eigenvalue weighted by molar-refractivity contribution is -0.142. The molecule has 824 valence electrons. The van der Waals surface area contributed by atoms with Gasteiger partial charge in [0.25, 0.3) is 0 Å². The topological polar surface area (TPSA) is 952 Å². The smallest absolute Gasteiger partial charge is 0.326 e. The fourth-order valence-corrected chi connectivity index (χ4v) is 15.9. The van der Waals surface area contributed by atoms with Gasteiger partial charge in [-0.1, -0.05) is 18.2 Å². The number of unbranched alkanes of at least 4 members (excludes halogenated alkanes) is 2. The van der Waals surface area contributed by atoms with E-state index in [0.717, 1.165) is 4.90 Å². The van der Waals surface area contributed by atoms with E-state index in [2.05, 4.69) is 177 Å². The first kappa shape index (κ1) is 125. The normalized spacial score (nSPS) is 16.0. The summed E-state index contributed by atoms with van der Waals surface area (Å²) in [4.78, 5) is 322. The van der Waals surface area contributed by atoms with E-state index >= 15 is 0 Å². The van der Waals surface area contributed by atoms with Gasteiger partial charge in [0, 0.05) is 85.2 Å². The lowest BCUT2D eigenvalue weighted by Gasteiger charge is -2.28. The molecular weight excluding hydrogens is 2040 g/mol. The highest BCUT2D eigenvalue weighted by atomic mass is 32.1. The summed E-state index contributed by atoms with van der Waals surface area (Å²) in [6.45, 7) is -3.32. The molecule has 59 nitrogen and oxygen atoms in total. The van der Waals surface area contributed by atoms with Crippen LogP contribution in [0.25, 0.3) is 10.9 Å². The average Bonchev–Trinajstić information content (AvgIpc) is 1.67. The summed E-state index contributed by atoms with van der Waals surface area (Å²) < 4.78 is 0. The van der Waals surface area contributed by atoms with Crippen molar-refractivity contribution in [2.45, 2.75) is 225 Å². The van der Waals surface area contributed by atoms with Crippen LogP contribution in [0.2, 0.25) is 0 Å². The molecule has 3 aromatic rings. The number of fused-ring (bicyclic) bond motifs is 1. The number of carboxylic acid groups (broad SMARTS) is 2. The Morgan fingerprint density at radius 1 is 0.450 bits per heavy atom. The van der Waals surface area contributed by atoms with Crippen molar-refractivity contribution in [3.63, 3.8) is 0 Å². The SMILES string of the molecule is C[C@H](NC(=O)[C@H](Cc1c[nH]cn1)NC(=O)[C@H](CC(=O)O)NC(=O)[C@H](CCCNC(=N)N)NC(=O)[C@H](CS)NC(=O)[C@H](Cc1c[nH]c2ccccc12)NC(=O)[C@H](CCCCN)NC(=O)[C@H](CO)NC(=O)[C@H](CO)NC(=O)[C@H](CS)NC(=O)CNC(=O)[C@H](CCCCN)NC(=O)[C@@H]1CCCN1C(=O)CNC(=O)[C@H](CC(N)=O)NC(=O)[C@H](CS)NC(=O)[C@H](CS)NC(=O)CNC(=O)[C@@H]1CCC(=O)N1)C(=O)N[C@@H](CCCNC(=N)N)C(=O)O. The molecule has 0 bridgehead atoms. The predicted octanol–water partition coefficient (Wildman–Crippen LogP) is -14.5. The van der Waals surface area contributed by atoms with Crippen LogP contribution in [0.15, 0.2) is 43.0 Å². The standard InChI is InChI=1S/C86H134N32O27S4/c1-41(68(128)109-50(84(144)145)16-9-23-96-86(92)93)102-74(134)52(26-43-30-94-40-101-43)111-76(136)54(28-67(126)127)113-73(133)48(15-8-22-95-85(90)91)107-81(141)59(38-148)116-75(135)51(25-42-29-97-45-12-3-2-11-44(42)45)110-72(132)47(14-5-7-21-88)106-77(137)55(34-119)114-78(138)56(35-120)115-79(139)57(36-146)104-64(123)31-98-69(129)46(13-4-6-20-87)108-83(143)61-17-10-24-118(61)66(125)33-100-71(131)53(27-62(89)121)112-82(142)60(39-149)117-80(140)58(37-147)105-65(124)32-99-70(130)49-18-19-63(122)103-49/h2-3,11-12,29-30,40-41,46-61,97,119-120,146-149H,4-10,13-28,31-39,87-88H2,1H3,(H2,89,121)(H,94,101)(H,98,129)(H,99,130)(H,100,131)(H,102,134)(H,103,122)(H,104,123)(H,105,124)(H,106,137)(H,107,141)(H,108,143)(H,109,128)(H,110,132)(H,111,136)(H,112,142)(H,113,133)(H,114,138)(H,115,139)(H,116,135)(H,117,140)(H,126,127)(H,144,145)(H4,90,91,95)(H4,92,93,96)/t41-,46-,47-,48-,49-,50-,51-,52-,53-,54-,55-,56-,57-,58-,59-,60-,61-/m0/s1. The van der Waals surface area contributed by atoms with Crippen LogP contribution in [0.4, 0.5) is 0 Å². The summed E-state index contributed by atoms with van der Waals surface area (Å²) in [6.07, 6.45) is 2.14. The van der Waals surface area contributed by atoms with Crippen LogP contribution in [0, 0.1) is 10.8 Å². The number of hydrogen-bond donors (Lipinski definition) is 38. The number of para-hydroxylation sites is 1. The van der Waals surface area contributed by atoms with Crippen molar-refractivity contribution in [3.8, 4) is 0 Å². The van der Waals surface area contributed by atoms with Gasteiger partial charge in [-0.15, -0.1) is 0 Å². The van der Waals surface area contributed by atoms with Gasteiger partial charge in [-0.25, -0.2) is 9.78 Å². The minimum atomic E-state index is -2.05. The van der Waals surface area contributed by atoms with Gasteiger partial charge in [-0.05, 0) is 115 Å². The monoisotopic (exact) mass is 2170 g/mol. The number of aliphatic hydroxyl groups is 2. The number of likely N-dealkylation sites (tertiary alicyclic amines) is 1. The summed E-state index contributed by atoms with van der Waals surface area (Å²) in [5.41, 5.74) is 28.9. The second-order valence-corrected chi connectivity index (χ2v) is 35.8. The molecule has 149 heavy (non-hydrogen) atoms. The van der Waals surface area contributed by atoms with E-state index in [4.69, 9.17) is 39.5 Å². The third-order valence-corrected chi connectivity index (χ3v) is 24.4. The fourth-order valence-electron chi connectivity index (χ4n) is 14.9. The van der Waals surface area contributed by atoms with Crippen molar-refractivity contribution in [2.24, 2.45) is 28.7 Å². The van der Waals surface area contributed by atoms with Crippen molar-refractivity contribution >= 4 is 209 Å². The Kier molecular flexibility index (Phi) is 54.8. The van der Waals surface area contributed by atoms with Crippen LogP contribution < -0.4 is 140 Å². The Hall–Kier alpha value is -14.4. The van der Waals surface area contributed by atoms with Crippen LogP contribution in [-0.2, 0) is 123 Å². The van der Waals surface area contributed by atoms with Crippen molar-refractivity contribution in [2.75, 3.05) is 88.6 Å². The molecule has 63 heteroatoms. The van der Waals surface area contributed by atoms with E-state index in [0.29, 0.717) is 22.9 Å². The minimum absolute atomic E-state index is 0.0350. The molecule has 17 atom stereocenters. The summed E-state index contributed by atoms with van der Waals surface area (Å²) in [7, 11) is 0. The number of benzene rings is 1. The van der Waals surface area contributed by atoms with Crippen molar-refractivity contribution in [1.82, 2.24) is 132 Å². The molecule has 39 N–H and O–H groups in total. The molecule has 2 aliphatic heterocycles. The summed E-state index contributed by atoms with van der Waals surface area (Å²) in [6, 6.07) is -20.5. The van der Waals surface area contributed by atoms with E-state index in [9.17, 15) is 131 Å². The third-order valence-electron chi connectivity index (χ3n) is 22.9. The second kappa shape index (κ2) is 65.3. The quantitative estimate of drug-likeness (QED) is 0.0108. The summed E-state index contributed by atoms with van der Waals surface area (Å²) >= 11 is 16.7. The van der Waals surface area contributed by atoms with Crippen LogP contribution in [0.3, 0.4) is 0 Å². The van der Waals surface area contributed by atoms with Gasteiger partial charge in [0.1, 0.15) is 103 Å². The number of amides is 21. The maximum absolute atomic E-state index is 14.9. The zero-order valence-electron chi connectivity index (χ0n) is 81.2. The number of aliphatic hydroxyl groups excluding tert-OH is 2. The molecule has 0 unspecified atom stereocenters. The predicted molar refractivity (Wildman–Crippen MR) is 541 cm³/mol. The van der Waals surface area contributed by atoms with Gasteiger partial charge in [-0.2, -0.15) is 50.5 Å². The number of rotatable bonds is 68. The fraction of sp³-hybridized carbons (Fsp3) is 0.581. The number of aliphatic carboxylic acids is 2. The van der Waals surface area contributed by atoms with Crippen LogP contribution >= 0.6 is 50.5 Å². The zero-order valence-corrected chi connectivity index (χ0v) is 84.8. The van der Waals surface area contributed by atoms with E-state index in [-0.39, 0.29) is 146 Å². The number of aromatic amines is 2. The first-order valence-corrected chi connectivity index (χ1v) is 49.8. The Balaban J connectivity index is 1.24. The van der Waals surface area contributed by atoms with Crippen LogP contribution in [0.1, 0.15) is 121 Å². The highest BCUT2D eigenvalue weighted by molar-refractivity contribution is 7.80.